The van der Waals surface area contributed by atoms with Gasteiger partial charge in [0.1, 0.15) is 11.6 Å². The molecule has 0 radical (unpaired) electrons. The summed E-state index contributed by atoms with van der Waals surface area (Å²) in [6, 6.07) is 3.20. The first-order chi connectivity index (χ1) is 12.0. The SMILES string of the molecule is CCCCCC(=O)c1cc(F)ccc1NC(=O)Nc1nc(CC)ns1. The number of anilines is 2. The second-order valence-corrected chi connectivity index (χ2v) is 6.27. The van der Waals surface area contributed by atoms with Gasteiger partial charge in [0.2, 0.25) is 5.13 Å². The molecule has 1 aromatic heterocycles. The maximum absolute atomic E-state index is 13.5. The van der Waals surface area contributed by atoms with E-state index in [1.807, 2.05) is 13.8 Å². The minimum absolute atomic E-state index is 0.178. The lowest BCUT2D eigenvalue weighted by molar-refractivity contribution is 0.0979. The number of carbonyl (C=O) groups excluding carboxylic acids is 2. The maximum Gasteiger partial charge on any atom is 0.325 e. The van der Waals surface area contributed by atoms with Crippen molar-refractivity contribution in [2.45, 2.75) is 46.0 Å². The van der Waals surface area contributed by atoms with Crippen LogP contribution < -0.4 is 10.6 Å². The van der Waals surface area contributed by atoms with Crippen molar-refractivity contribution in [3.05, 3.63) is 35.4 Å². The number of nitrogens with one attached hydrogen (secondary N) is 2. The van der Waals surface area contributed by atoms with Gasteiger partial charge < -0.3 is 5.32 Å². The number of aromatic nitrogens is 2. The monoisotopic (exact) mass is 364 g/mol. The predicted octanol–water partition coefficient (Wildman–Crippen LogP) is 4.65. The Morgan fingerprint density at radius 1 is 1.20 bits per heavy atom. The lowest BCUT2D eigenvalue weighted by Crippen LogP contribution is -2.21. The molecule has 0 aliphatic rings. The highest BCUT2D eigenvalue weighted by atomic mass is 32.1. The average Bonchev–Trinajstić information content (AvgIpc) is 3.04. The molecule has 1 heterocycles. The van der Waals surface area contributed by atoms with Crippen LogP contribution in [0.15, 0.2) is 18.2 Å². The number of hydrogen-bond acceptors (Lipinski definition) is 5. The highest BCUT2D eigenvalue weighted by Gasteiger charge is 2.15. The van der Waals surface area contributed by atoms with Crippen molar-refractivity contribution >= 4 is 34.2 Å². The van der Waals surface area contributed by atoms with Crippen molar-refractivity contribution in [1.82, 2.24) is 9.36 Å². The summed E-state index contributed by atoms with van der Waals surface area (Å²) in [4.78, 5) is 28.6. The number of nitrogens with zero attached hydrogens (tertiary/aromatic N) is 2. The summed E-state index contributed by atoms with van der Waals surface area (Å²) in [5.41, 5.74) is 0.457. The Morgan fingerprint density at radius 3 is 2.68 bits per heavy atom. The van der Waals surface area contributed by atoms with Gasteiger partial charge in [0.15, 0.2) is 5.78 Å². The van der Waals surface area contributed by atoms with Gasteiger partial charge in [0.05, 0.1) is 5.69 Å². The van der Waals surface area contributed by atoms with Crippen LogP contribution in [0, 0.1) is 5.82 Å². The van der Waals surface area contributed by atoms with Gasteiger partial charge in [0.25, 0.3) is 0 Å². The fourth-order valence-corrected chi connectivity index (χ4v) is 2.87. The zero-order valence-corrected chi connectivity index (χ0v) is 15.1. The number of carbonyl (C=O) groups is 2. The molecule has 0 spiro atoms. The highest BCUT2D eigenvalue weighted by Crippen LogP contribution is 2.21. The number of Topliss-reactive ketones (excluding diaryl/α,β-unsaturated/α-hetero) is 1. The number of aryl methyl sites for hydroxylation is 1. The van der Waals surface area contributed by atoms with Crippen molar-refractivity contribution in [2.24, 2.45) is 0 Å². The van der Waals surface area contributed by atoms with Crippen LogP contribution in [0.2, 0.25) is 0 Å². The number of benzene rings is 1. The summed E-state index contributed by atoms with van der Waals surface area (Å²) in [7, 11) is 0. The number of ketones is 1. The molecule has 134 valence electrons. The van der Waals surface area contributed by atoms with E-state index in [1.54, 1.807) is 0 Å². The molecular formula is C17H21FN4O2S. The standard InChI is InChI=1S/C17H21FN4O2S/c1-3-5-6-7-14(23)12-10-11(18)8-9-13(12)19-16(24)21-17-20-15(4-2)22-25-17/h8-10H,3-7H2,1-2H3,(H2,19,20,21,22,24). The van der Waals surface area contributed by atoms with Crippen molar-refractivity contribution in [3.63, 3.8) is 0 Å². The largest absolute Gasteiger partial charge is 0.325 e. The van der Waals surface area contributed by atoms with Crippen molar-refractivity contribution in [3.8, 4) is 0 Å². The third-order valence-corrected chi connectivity index (χ3v) is 4.21. The lowest BCUT2D eigenvalue weighted by Gasteiger charge is -2.10. The van der Waals surface area contributed by atoms with Gasteiger partial charge in [-0.05, 0) is 24.6 Å². The number of unbranched alkanes of at least 4 members (excludes halogenated alkanes) is 2. The third kappa shape index (κ3) is 5.60. The molecule has 0 saturated carbocycles. The Balaban J connectivity index is 2.07. The van der Waals surface area contributed by atoms with Crippen LogP contribution in [0.4, 0.5) is 20.0 Å². The number of urea groups is 1. The van der Waals surface area contributed by atoms with Gasteiger partial charge in [-0.15, -0.1) is 0 Å². The van der Waals surface area contributed by atoms with E-state index in [1.165, 1.54) is 12.1 Å². The summed E-state index contributed by atoms with van der Waals surface area (Å²) in [6.07, 6.45) is 3.66. The van der Waals surface area contributed by atoms with Crippen LogP contribution in [0.3, 0.4) is 0 Å². The normalized spacial score (nSPS) is 10.5. The molecule has 2 N–H and O–H groups in total. The first-order valence-corrected chi connectivity index (χ1v) is 9.04. The molecule has 0 fully saturated rings. The smallest absolute Gasteiger partial charge is 0.307 e. The van der Waals surface area contributed by atoms with Crippen LogP contribution in [0.1, 0.15) is 55.7 Å². The van der Waals surface area contributed by atoms with E-state index in [9.17, 15) is 14.0 Å². The van der Waals surface area contributed by atoms with Crippen LogP contribution in [-0.2, 0) is 6.42 Å². The molecule has 0 atom stereocenters. The minimum atomic E-state index is -0.548. The fraction of sp³-hybridized carbons (Fsp3) is 0.412. The van der Waals surface area contributed by atoms with Gasteiger partial charge in [-0.1, -0.05) is 26.7 Å². The average molecular weight is 364 g/mol. The Kier molecular flexibility index (Phi) is 7.00. The van der Waals surface area contributed by atoms with Gasteiger partial charge >= 0.3 is 6.03 Å². The Labute approximate surface area is 150 Å². The summed E-state index contributed by atoms with van der Waals surface area (Å²) in [5.74, 6) is -0.0529. The number of hydrogen-bond donors (Lipinski definition) is 2. The summed E-state index contributed by atoms with van der Waals surface area (Å²) < 4.78 is 17.6. The quantitative estimate of drug-likeness (QED) is 0.528. The van der Waals surface area contributed by atoms with E-state index < -0.39 is 11.8 Å². The number of amides is 2. The molecule has 6 nitrogen and oxygen atoms in total. The Hall–Kier alpha value is -2.35. The van der Waals surface area contributed by atoms with E-state index in [2.05, 4.69) is 20.0 Å². The first-order valence-electron chi connectivity index (χ1n) is 8.26. The summed E-state index contributed by atoms with van der Waals surface area (Å²) in [5, 5.41) is 5.52. The van der Waals surface area contributed by atoms with E-state index in [4.69, 9.17) is 0 Å². The van der Waals surface area contributed by atoms with Crippen molar-refractivity contribution in [2.75, 3.05) is 10.6 Å². The van der Waals surface area contributed by atoms with Crippen LogP contribution >= 0.6 is 11.5 Å². The fourth-order valence-electron chi connectivity index (χ4n) is 2.23. The van der Waals surface area contributed by atoms with E-state index in [-0.39, 0.29) is 17.0 Å². The zero-order valence-electron chi connectivity index (χ0n) is 14.3. The van der Waals surface area contributed by atoms with Crippen LogP contribution in [-0.4, -0.2) is 21.2 Å². The molecule has 25 heavy (non-hydrogen) atoms. The Bertz CT molecular complexity index is 748. The molecule has 0 unspecified atom stereocenters. The van der Waals surface area contributed by atoms with E-state index in [0.29, 0.717) is 23.8 Å². The summed E-state index contributed by atoms with van der Waals surface area (Å²) in [6.45, 7) is 3.96. The molecule has 2 amide bonds. The lowest BCUT2D eigenvalue weighted by atomic mass is 10.0. The molecular weight excluding hydrogens is 343 g/mol. The highest BCUT2D eigenvalue weighted by molar-refractivity contribution is 7.09. The molecule has 0 bridgehead atoms. The predicted molar refractivity (Wildman–Crippen MR) is 96.8 cm³/mol. The third-order valence-electron chi connectivity index (χ3n) is 3.54. The first kappa shape index (κ1) is 19.0. The topological polar surface area (TPSA) is 84.0 Å². The number of halogens is 1. The Morgan fingerprint density at radius 2 is 2.00 bits per heavy atom. The summed E-state index contributed by atoms with van der Waals surface area (Å²) >= 11 is 1.08. The second-order valence-electron chi connectivity index (χ2n) is 5.52. The molecule has 2 rings (SSSR count). The molecule has 8 heteroatoms. The van der Waals surface area contributed by atoms with Crippen molar-refractivity contribution < 1.29 is 14.0 Å². The second kappa shape index (κ2) is 9.22. The molecule has 2 aromatic rings. The maximum atomic E-state index is 13.5. The van der Waals surface area contributed by atoms with E-state index in [0.717, 1.165) is 36.9 Å². The zero-order chi connectivity index (χ0) is 18.2. The molecule has 0 aliphatic carbocycles. The molecule has 1 aromatic carbocycles. The van der Waals surface area contributed by atoms with Gasteiger partial charge in [0, 0.05) is 29.9 Å². The molecule has 0 aliphatic heterocycles. The number of rotatable bonds is 8. The minimum Gasteiger partial charge on any atom is -0.307 e. The van der Waals surface area contributed by atoms with E-state index >= 15 is 0 Å². The van der Waals surface area contributed by atoms with Crippen LogP contribution in [0.5, 0.6) is 0 Å². The van der Waals surface area contributed by atoms with Gasteiger partial charge in [-0.3, -0.25) is 10.1 Å². The van der Waals surface area contributed by atoms with Crippen molar-refractivity contribution in [1.29, 1.82) is 0 Å². The van der Waals surface area contributed by atoms with Gasteiger partial charge in [-0.25, -0.2) is 14.2 Å². The van der Waals surface area contributed by atoms with Gasteiger partial charge in [-0.2, -0.15) is 4.37 Å². The van der Waals surface area contributed by atoms with Crippen LogP contribution in [0.25, 0.3) is 0 Å². The molecule has 0 saturated heterocycles.